The normalized spacial score (nSPS) is 22.4. The highest BCUT2D eigenvalue weighted by molar-refractivity contribution is 8.00. The van der Waals surface area contributed by atoms with Crippen LogP contribution in [0.1, 0.15) is 97.6 Å². The van der Waals surface area contributed by atoms with Crippen molar-refractivity contribution >= 4 is 136 Å². The van der Waals surface area contributed by atoms with Crippen LogP contribution in [0, 0.1) is 10.8 Å². The van der Waals surface area contributed by atoms with Crippen LogP contribution >= 0.6 is 11.8 Å². The molecule has 17 amide bonds. The van der Waals surface area contributed by atoms with E-state index >= 15 is 33.6 Å². The number of carboxylic acid groups (broad SMARTS) is 2. The number of aliphatic hydroxyl groups excluding tert-OH is 1. The van der Waals surface area contributed by atoms with Crippen LogP contribution in [0.25, 0.3) is 0 Å². The Hall–Kier alpha value is -15.4. The Morgan fingerprint density at radius 1 is 0.428 bits per heavy atom. The first-order valence-electron chi connectivity index (χ1n) is 44.1. The van der Waals surface area contributed by atoms with Crippen LogP contribution in [0.4, 0.5) is 0 Å². The molecule has 5 aromatic rings. The van der Waals surface area contributed by atoms with Gasteiger partial charge in [0.1, 0.15) is 84.3 Å². The minimum absolute atomic E-state index is 0.00372. The number of unbranched alkanes of at least 4 members (excludes halogenated alkanes) is 1. The quantitative estimate of drug-likeness (QED) is 0.0115. The zero-order valence-electron chi connectivity index (χ0n) is 75.9. The number of carboxylic acids is 2. The third-order valence-electron chi connectivity index (χ3n) is 22.2. The molecular formula is C90H120N24O23S. The number of nitrogens with one attached hydrogen (secondary N) is 16. The molecule has 0 spiro atoms. The summed E-state index contributed by atoms with van der Waals surface area (Å²) in [6.45, 7) is -3.63. The molecular weight excluding hydrogens is 1820 g/mol. The van der Waals surface area contributed by atoms with Gasteiger partial charge in [0.25, 0.3) is 0 Å². The number of likely N-dealkylation sites (N-methyl/N-ethyl adjacent to an activating group) is 2. The lowest BCUT2D eigenvalue weighted by Crippen LogP contribution is -2.62. The number of amides is 17. The Kier molecular flexibility index (Phi) is 44.1. The number of phenols is 1. The highest BCUT2D eigenvalue weighted by Crippen LogP contribution is 2.27. The Balaban J connectivity index is 1.34. The fourth-order valence-electron chi connectivity index (χ4n) is 15.0. The minimum Gasteiger partial charge on any atom is -0.508 e. The van der Waals surface area contributed by atoms with E-state index in [2.05, 4.69) is 74.4 Å². The van der Waals surface area contributed by atoms with Gasteiger partial charge in [0.05, 0.1) is 44.7 Å². The molecule has 0 aliphatic carbocycles. The fraction of sp³-hybridized carbons (Fsp3) is 0.433. The van der Waals surface area contributed by atoms with E-state index in [0.717, 1.165) is 21.7 Å². The van der Waals surface area contributed by atoms with E-state index in [-0.39, 0.29) is 88.7 Å². The molecule has 0 saturated carbocycles. The number of fused-ring (bicyclic) bond motifs is 2. The van der Waals surface area contributed by atoms with Crippen LogP contribution in [0.5, 0.6) is 5.75 Å². The Bertz CT molecular complexity index is 5150. The Labute approximate surface area is 797 Å². The molecule has 1 saturated heterocycles. The van der Waals surface area contributed by atoms with Gasteiger partial charge in [0, 0.05) is 71.6 Å². The maximum absolute atomic E-state index is 15.4. The summed E-state index contributed by atoms with van der Waals surface area (Å²) in [6.07, 6.45) is -5.95. The smallest absolute Gasteiger partial charge is 0.305 e. The molecule has 0 radical (unpaired) electrons. The summed E-state index contributed by atoms with van der Waals surface area (Å²) in [7, 11) is 2.29. The molecule has 47 nitrogen and oxygen atoms in total. The van der Waals surface area contributed by atoms with E-state index in [4.69, 9.17) is 39.5 Å². The molecule has 1 unspecified atom stereocenters. The number of benzene rings is 5. The highest BCUT2D eigenvalue weighted by Gasteiger charge is 2.44. The van der Waals surface area contributed by atoms with Crippen molar-refractivity contribution in [1.82, 2.24) is 89.1 Å². The maximum Gasteiger partial charge on any atom is 0.305 e. The molecule has 0 aromatic heterocycles. The largest absolute Gasteiger partial charge is 0.508 e. The number of thioether (sulfide) groups is 1. The van der Waals surface area contributed by atoms with Crippen molar-refractivity contribution < 1.29 is 112 Å². The minimum atomic E-state index is -2.13. The standard InChI is InChI=1S/C90H120N24O23S/c1-112-67(38-51-20-8-4-9-21-51)83(132)110-65(47-115)82(131)104-58(26-14-15-33-91)79(128)107-62(41-70(92)117)81(130)106-60(37-53-29-31-56(116)32-30-53)76(125)101-45-72(119)102-57(27-16-34-98-89(94)95)78(127)108-64(43-75(123)124)88(137)114-46-55-25-13-12-24-54(55)40-69(114)85(134)109-63(42-74(121)122)87(136)113(2)68(39-52-22-10-5-11-23-52)84(133)111-66(77(126)100-44-71(93)118)48-138-49-73(120)103-61(36-50-18-6-3-7-19-50)80(129)105-59(86(112)135)28-17-35-99-90(96)97/h3-13,18-25,29-32,57-69,115-116H,14-17,26-28,33-49,91H2,1-2H3,(H2,92,117)(H2,93,118)(H,100,126)(H,101,125)(H,102,119)(H,103,120)(H,104,131)(H,105,129)(H,106,130)(H,107,128)(H,108,127)(H,109,134)(H,110,132)(H,111,133)(H,121,122)(H,123,124)(H4,94,95,98)(H4,96,97,99)/t57-,58-,59-,60-,61-,62-,63?,64-,65-,66-,67-,68-,69-/m0/s1. The summed E-state index contributed by atoms with van der Waals surface area (Å²) in [4.78, 5) is 277. The lowest BCUT2D eigenvalue weighted by molar-refractivity contribution is -0.150. The third-order valence-corrected chi connectivity index (χ3v) is 23.3. The molecule has 744 valence electrons. The van der Waals surface area contributed by atoms with Crippen molar-refractivity contribution in [2.24, 2.45) is 28.7 Å². The molecule has 0 bridgehead atoms. The third kappa shape index (κ3) is 36.1. The Morgan fingerprint density at radius 3 is 1.38 bits per heavy atom. The van der Waals surface area contributed by atoms with Crippen LogP contribution in [0.3, 0.4) is 0 Å². The molecule has 13 atom stereocenters. The number of nitrogens with zero attached hydrogens (tertiary/aromatic N) is 3. The van der Waals surface area contributed by atoms with Gasteiger partial charge in [-0.15, -0.1) is 11.8 Å². The number of carbonyl (C=O) groups excluding carboxylic acids is 17. The van der Waals surface area contributed by atoms with Crippen LogP contribution in [-0.4, -0.2) is 303 Å². The van der Waals surface area contributed by atoms with Gasteiger partial charge >= 0.3 is 11.9 Å². The topological polar surface area (TPSA) is 761 Å². The van der Waals surface area contributed by atoms with E-state index in [1.54, 1.807) is 115 Å². The van der Waals surface area contributed by atoms with Crippen molar-refractivity contribution in [3.63, 3.8) is 0 Å². The SMILES string of the molecule is CN1C(=O)C(CC(=O)O)NC(=O)[C@@H]2Cc3ccccc3CN2C(=O)[C@H](CC(=O)O)NC(=O)[C@H](CCCNC(=N)N)NC(=O)CNC(=O)[C@H](Cc2ccc(O)cc2)NC(=O)[C@H](CC(N)=O)NC(=O)[C@H](CCCCN)NC(=O)[C@H](CO)NC(=O)[C@H](Cc2ccccc2)N(C)C(=O)[C@H](CCCNC(=N)N)NC(=O)[C@H](Cc2ccccc2)NC(=O)CSC[C@@H](C(=O)NCC(N)=O)NC(=O)[C@@H]1Cc1ccccc1. The molecule has 2 heterocycles. The van der Waals surface area contributed by atoms with Gasteiger partial charge in [-0.3, -0.25) is 102 Å². The molecule has 48 heteroatoms. The number of rotatable bonds is 30. The Morgan fingerprint density at radius 2 is 0.848 bits per heavy atom. The molecule has 7 rings (SSSR count). The van der Waals surface area contributed by atoms with Gasteiger partial charge in [-0.05, 0) is 97.0 Å². The number of aromatic hydroxyl groups is 1. The van der Waals surface area contributed by atoms with Crippen LogP contribution in [0.15, 0.2) is 140 Å². The number of phenolic OH excluding ortho intramolecular Hbond substituents is 1. The second-order valence-corrected chi connectivity index (χ2v) is 33.8. The molecule has 5 aromatic carbocycles. The number of nitrogens with two attached hydrogens (primary N) is 5. The van der Waals surface area contributed by atoms with Gasteiger partial charge < -0.3 is 138 Å². The first-order chi connectivity index (χ1) is 65.7. The number of hydrogen-bond donors (Lipinski definition) is 25. The van der Waals surface area contributed by atoms with Crippen LogP contribution in [-0.2, 0) is 130 Å². The monoisotopic (exact) mass is 1940 g/mol. The first kappa shape index (κ1) is 110. The van der Waals surface area contributed by atoms with E-state index in [0.29, 0.717) is 39.6 Å². The van der Waals surface area contributed by atoms with Crippen molar-refractivity contribution in [2.45, 2.75) is 181 Å². The lowest BCUT2D eigenvalue weighted by atomic mass is 9.92. The molecule has 2 aliphatic rings. The zero-order chi connectivity index (χ0) is 101. The number of aliphatic hydroxyl groups is 1. The number of carbonyl (C=O) groups is 19. The number of aliphatic carboxylic acids is 2. The lowest BCUT2D eigenvalue weighted by Gasteiger charge is -2.39. The van der Waals surface area contributed by atoms with E-state index in [1.165, 1.54) is 31.3 Å². The van der Waals surface area contributed by atoms with E-state index in [9.17, 15) is 78.0 Å². The van der Waals surface area contributed by atoms with Gasteiger partial charge in [-0.2, -0.15) is 0 Å². The maximum atomic E-state index is 15.4. The number of guanidine groups is 2. The predicted octanol–water partition coefficient (Wildman–Crippen LogP) is -6.94. The summed E-state index contributed by atoms with van der Waals surface area (Å²) in [5.74, 6) is -25.0. The van der Waals surface area contributed by atoms with Gasteiger partial charge in [0.2, 0.25) is 100 Å². The molecule has 30 N–H and O–H groups in total. The first-order valence-corrected chi connectivity index (χ1v) is 45.3. The average Bonchev–Trinajstić information content (AvgIpc) is 0.779. The summed E-state index contributed by atoms with van der Waals surface area (Å²) in [5, 5.41) is 92.3. The molecule has 2 aliphatic heterocycles. The van der Waals surface area contributed by atoms with Crippen molar-refractivity contribution in [3.05, 3.63) is 173 Å². The zero-order valence-corrected chi connectivity index (χ0v) is 76.8. The van der Waals surface area contributed by atoms with E-state index in [1.807, 2.05) is 0 Å². The second kappa shape index (κ2) is 55.5. The summed E-state index contributed by atoms with van der Waals surface area (Å²) in [6, 6.07) is 12.2. The summed E-state index contributed by atoms with van der Waals surface area (Å²) >= 11 is 0.706. The van der Waals surface area contributed by atoms with Crippen molar-refractivity contribution in [2.75, 3.05) is 64.9 Å². The second-order valence-electron chi connectivity index (χ2n) is 32.8. The van der Waals surface area contributed by atoms with Crippen molar-refractivity contribution in [3.8, 4) is 5.75 Å². The number of hydrogen-bond acceptors (Lipinski definition) is 25. The highest BCUT2D eigenvalue weighted by atomic mass is 32.2. The molecule has 138 heavy (non-hydrogen) atoms. The van der Waals surface area contributed by atoms with Crippen molar-refractivity contribution in [1.29, 1.82) is 10.8 Å². The fourth-order valence-corrected chi connectivity index (χ4v) is 15.9. The predicted molar refractivity (Wildman–Crippen MR) is 498 cm³/mol. The van der Waals surface area contributed by atoms with Gasteiger partial charge in [0.15, 0.2) is 11.9 Å². The number of primary amides is 2. The molecule has 1 fully saturated rings. The van der Waals surface area contributed by atoms with Crippen LogP contribution in [0.2, 0.25) is 0 Å². The summed E-state index contributed by atoms with van der Waals surface area (Å²) < 4.78 is 0. The van der Waals surface area contributed by atoms with Crippen LogP contribution < -0.4 is 103 Å². The van der Waals surface area contributed by atoms with Gasteiger partial charge in [-0.1, -0.05) is 127 Å². The summed E-state index contributed by atoms with van der Waals surface area (Å²) in [5.41, 5.74) is 30.5. The van der Waals surface area contributed by atoms with E-state index < -0.39 is 279 Å². The average molecular weight is 1940 g/mol. The van der Waals surface area contributed by atoms with Gasteiger partial charge in [-0.25, -0.2) is 0 Å².